The lowest BCUT2D eigenvalue weighted by Gasteiger charge is -2.09. The maximum atomic E-state index is 11.9. The maximum Gasteiger partial charge on any atom is 0.277 e. The summed E-state index contributed by atoms with van der Waals surface area (Å²) in [5.41, 5.74) is 4.29. The standard InChI is InChI=1S/C23H22N2O4/c1-27-20-11-13-21(14-12-20)28-17-23(26)25-24-15-19-9-5-6-10-22(19)29-16-18-7-3-2-4-8-18/h2-15H,16-17H2,1H3,(H,25,26). The van der Waals surface area contributed by atoms with E-state index in [2.05, 4.69) is 10.5 Å². The number of amides is 1. The number of carbonyl (C=O) groups is 1. The highest BCUT2D eigenvalue weighted by Crippen LogP contribution is 2.18. The summed E-state index contributed by atoms with van der Waals surface area (Å²) in [6.07, 6.45) is 1.55. The third-order valence-corrected chi connectivity index (χ3v) is 3.98. The van der Waals surface area contributed by atoms with Crippen LogP contribution in [0, 0.1) is 0 Å². The molecule has 3 aromatic carbocycles. The van der Waals surface area contributed by atoms with Gasteiger partial charge in [-0.3, -0.25) is 4.79 Å². The first-order valence-electron chi connectivity index (χ1n) is 9.09. The summed E-state index contributed by atoms with van der Waals surface area (Å²) in [7, 11) is 1.59. The number of hydrazone groups is 1. The SMILES string of the molecule is COc1ccc(OCC(=O)NN=Cc2ccccc2OCc2ccccc2)cc1. The number of hydrogen-bond donors (Lipinski definition) is 1. The number of carbonyl (C=O) groups excluding carboxylic acids is 1. The molecular weight excluding hydrogens is 368 g/mol. The second-order valence-corrected chi connectivity index (χ2v) is 6.07. The number of rotatable bonds is 9. The summed E-state index contributed by atoms with van der Waals surface area (Å²) in [6.45, 7) is 0.309. The molecule has 0 bridgehead atoms. The van der Waals surface area contributed by atoms with E-state index in [1.54, 1.807) is 37.6 Å². The second kappa shape index (κ2) is 10.5. The first-order valence-corrected chi connectivity index (χ1v) is 9.09. The molecule has 0 spiro atoms. The molecule has 0 unspecified atom stereocenters. The van der Waals surface area contributed by atoms with E-state index >= 15 is 0 Å². The summed E-state index contributed by atoms with van der Waals surface area (Å²) in [6, 6.07) is 24.4. The molecule has 0 saturated carbocycles. The smallest absolute Gasteiger partial charge is 0.277 e. The molecule has 3 aromatic rings. The summed E-state index contributed by atoms with van der Waals surface area (Å²) >= 11 is 0. The lowest BCUT2D eigenvalue weighted by Crippen LogP contribution is -2.24. The van der Waals surface area contributed by atoms with Crippen molar-refractivity contribution in [3.8, 4) is 17.2 Å². The molecule has 6 heteroatoms. The van der Waals surface area contributed by atoms with Crippen LogP contribution < -0.4 is 19.6 Å². The molecule has 0 heterocycles. The zero-order chi connectivity index (χ0) is 20.3. The predicted octanol–water partition coefficient (Wildman–Crippen LogP) is 3.80. The molecule has 0 aliphatic heterocycles. The molecule has 0 saturated heterocycles. The van der Waals surface area contributed by atoms with Crippen LogP contribution in [0.3, 0.4) is 0 Å². The van der Waals surface area contributed by atoms with Crippen LogP contribution in [0.15, 0.2) is 84.0 Å². The van der Waals surface area contributed by atoms with Crippen LogP contribution in [-0.4, -0.2) is 25.8 Å². The lowest BCUT2D eigenvalue weighted by molar-refractivity contribution is -0.123. The van der Waals surface area contributed by atoms with Gasteiger partial charge in [0.15, 0.2) is 6.61 Å². The van der Waals surface area contributed by atoms with E-state index in [0.29, 0.717) is 18.1 Å². The average molecular weight is 390 g/mol. The van der Waals surface area contributed by atoms with Crippen molar-refractivity contribution in [2.45, 2.75) is 6.61 Å². The number of hydrogen-bond acceptors (Lipinski definition) is 5. The van der Waals surface area contributed by atoms with Gasteiger partial charge in [-0.25, -0.2) is 5.43 Å². The van der Waals surface area contributed by atoms with Crippen molar-refractivity contribution in [1.29, 1.82) is 0 Å². The Bertz CT molecular complexity index is 941. The van der Waals surface area contributed by atoms with Gasteiger partial charge in [0, 0.05) is 5.56 Å². The van der Waals surface area contributed by atoms with Gasteiger partial charge < -0.3 is 14.2 Å². The number of nitrogens with zero attached hydrogens (tertiary/aromatic N) is 1. The Morgan fingerprint density at radius 2 is 1.59 bits per heavy atom. The number of ether oxygens (including phenoxy) is 3. The maximum absolute atomic E-state index is 11.9. The van der Waals surface area contributed by atoms with E-state index < -0.39 is 0 Å². The van der Waals surface area contributed by atoms with Crippen LogP contribution in [0.4, 0.5) is 0 Å². The van der Waals surface area contributed by atoms with Crippen molar-refractivity contribution in [1.82, 2.24) is 5.43 Å². The van der Waals surface area contributed by atoms with Crippen molar-refractivity contribution in [3.05, 3.63) is 90.0 Å². The lowest BCUT2D eigenvalue weighted by atomic mass is 10.2. The molecule has 3 rings (SSSR count). The van der Waals surface area contributed by atoms with E-state index in [4.69, 9.17) is 14.2 Å². The Labute approximate surface area is 169 Å². The Balaban J connectivity index is 1.49. The predicted molar refractivity (Wildman–Crippen MR) is 111 cm³/mol. The molecule has 1 amide bonds. The Morgan fingerprint density at radius 3 is 2.34 bits per heavy atom. The van der Waals surface area contributed by atoms with E-state index in [1.807, 2.05) is 54.6 Å². The third-order valence-electron chi connectivity index (χ3n) is 3.98. The normalized spacial score (nSPS) is 10.5. The fourth-order valence-electron chi connectivity index (χ4n) is 2.48. The van der Waals surface area contributed by atoms with E-state index in [-0.39, 0.29) is 12.5 Å². The van der Waals surface area contributed by atoms with Crippen LogP contribution in [0.1, 0.15) is 11.1 Å². The molecule has 0 aliphatic rings. The highest BCUT2D eigenvalue weighted by atomic mass is 16.5. The van der Waals surface area contributed by atoms with Gasteiger partial charge in [-0.05, 0) is 42.0 Å². The molecular formula is C23H22N2O4. The molecule has 1 N–H and O–H groups in total. The minimum atomic E-state index is -0.361. The Hall–Kier alpha value is -3.80. The van der Waals surface area contributed by atoms with Crippen molar-refractivity contribution < 1.29 is 19.0 Å². The van der Waals surface area contributed by atoms with Crippen molar-refractivity contribution in [2.24, 2.45) is 5.10 Å². The summed E-state index contributed by atoms with van der Waals surface area (Å²) in [5, 5.41) is 3.99. The van der Waals surface area contributed by atoms with Gasteiger partial charge in [0.1, 0.15) is 23.9 Å². The zero-order valence-corrected chi connectivity index (χ0v) is 16.1. The minimum absolute atomic E-state index is 0.143. The van der Waals surface area contributed by atoms with E-state index in [1.165, 1.54) is 0 Å². The topological polar surface area (TPSA) is 69.2 Å². The summed E-state index contributed by atoms with van der Waals surface area (Å²) in [5.74, 6) is 1.62. The van der Waals surface area contributed by atoms with Crippen molar-refractivity contribution >= 4 is 12.1 Å². The molecule has 0 aliphatic carbocycles. The van der Waals surface area contributed by atoms with Crippen LogP contribution in [0.5, 0.6) is 17.2 Å². The quantitative estimate of drug-likeness (QED) is 0.446. The van der Waals surface area contributed by atoms with Crippen LogP contribution >= 0.6 is 0 Å². The number of nitrogens with one attached hydrogen (secondary N) is 1. The van der Waals surface area contributed by atoms with Gasteiger partial charge in [-0.1, -0.05) is 42.5 Å². The minimum Gasteiger partial charge on any atom is -0.497 e. The van der Waals surface area contributed by atoms with Gasteiger partial charge >= 0.3 is 0 Å². The van der Waals surface area contributed by atoms with Gasteiger partial charge in [0.25, 0.3) is 5.91 Å². The van der Waals surface area contributed by atoms with Gasteiger partial charge in [0.2, 0.25) is 0 Å². The van der Waals surface area contributed by atoms with E-state index in [0.717, 1.165) is 16.9 Å². The molecule has 148 valence electrons. The highest BCUT2D eigenvalue weighted by molar-refractivity contribution is 5.85. The Morgan fingerprint density at radius 1 is 0.897 bits per heavy atom. The molecule has 29 heavy (non-hydrogen) atoms. The fourth-order valence-corrected chi connectivity index (χ4v) is 2.48. The van der Waals surface area contributed by atoms with Gasteiger partial charge in [-0.15, -0.1) is 0 Å². The zero-order valence-electron chi connectivity index (χ0n) is 16.1. The summed E-state index contributed by atoms with van der Waals surface area (Å²) in [4.78, 5) is 11.9. The molecule has 0 radical (unpaired) electrons. The molecule has 0 aromatic heterocycles. The van der Waals surface area contributed by atoms with Crippen LogP contribution in [0.2, 0.25) is 0 Å². The van der Waals surface area contributed by atoms with Crippen LogP contribution in [-0.2, 0) is 11.4 Å². The molecule has 0 atom stereocenters. The first-order chi connectivity index (χ1) is 14.2. The molecule has 0 fully saturated rings. The van der Waals surface area contributed by atoms with Gasteiger partial charge in [-0.2, -0.15) is 5.10 Å². The van der Waals surface area contributed by atoms with Crippen molar-refractivity contribution in [3.63, 3.8) is 0 Å². The fraction of sp³-hybridized carbons (Fsp3) is 0.130. The number of para-hydroxylation sites is 1. The van der Waals surface area contributed by atoms with Gasteiger partial charge in [0.05, 0.1) is 13.3 Å². The summed E-state index contributed by atoms with van der Waals surface area (Å²) < 4.78 is 16.4. The second-order valence-electron chi connectivity index (χ2n) is 6.07. The number of methoxy groups -OCH3 is 1. The monoisotopic (exact) mass is 390 g/mol. The van der Waals surface area contributed by atoms with Crippen LogP contribution in [0.25, 0.3) is 0 Å². The molecule has 6 nitrogen and oxygen atoms in total. The average Bonchev–Trinajstić information content (AvgIpc) is 2.78. The highest BCUT2D eigenvalue weighted by Gasteiger charge is 2.04. The third kappa shape index (κ3) is 6.39. The van der Waals surface area contributed by atoms with Crippen molar-refractivity contribution in [2.75, 3.05) is 13.7 Å². The largest absolute Gasteiger partial charge is 0.497 e. The first kappa shape index (κ1) is 19.9. The Kier molecular flexibility index (Phi) is 7.23. The number of benzene rings is 3. The van der Waals surface area contributed by atoms with E-state index in [9.17, 15) is 4.79 Å².